The average Bonchev–Trinajstić information content (AvgIpc) is 3.25. The Morgan fingerprint density at radius 2 is 1.52 bits per heavy atom. The molecule has 4 rings (SSSR count). The Kier molecular flexibility index (Phi) is 7.37. The predicted molar refractivity (Wildman–Crippen MR) is 126 cm³/mol. The van der Waals surface area contributed by atoms with Crippen molar-refractivity contribution in [3.05, 3.63) is 108 Å². The maximum atomic E-state index is 12.9. The van der Waals surface area contributed by atoms with Crippen LogP contribution >= 0.6 is 7.75 Å². The second kappa shape index (κ2) is 10.6. The molecule has 2 atom stereocenters. The van der Waals surface area contributed by atoms with Gasteiger partial charge in [0.25, 0.3) is 0 Å². The molecule has 0 fully saturated rings. The van der Waals surface area contributed by atoms with Crippen LogP contribution in [0.25, 0.3) is 10.9 Å². The van der Waals surface area contributed by atoms with Gasteiger partial charge in [-0.1, -0.05) is 78.9 Å². The molecule has 1 aromatic heterocycles. The highest BCUT2D eigenvalue weighted by molar-refractivity contribution is 7.50. The molecule has 0 spiro atoms. The van der Waals surface area contributed by atoms with Crippen LogP contribution < -0.4 is 5.09 Å². The van der Waals surface area contributed by atoms with Crippen LogP contribution in [0.3, 0.4) is 0 Å². The summed E-state index contributed by atoms with van der Waals surface area (Å²) in [4.78, 5) is 26.5. The number of hydrogen-bond donors (Lipinski definition) is 3. The van der Waals surface area contributed by atoms with Crippen molar-refractivity contribution < 1.29 is 23.5 Å². The van der Waals surface area contributed by atoms with Gasteiger partial charge in [0.2, 0.25) is 0 Å². The van der Waals surface area contributed by atoms with Crippen molar-refractivity contribution in [2.24, 2.45) is 0 Å². The molecule has 0 aliphatic carbocycles. The zero-order valence-corrected chi connectivity index (χ0v) is 18.8. The SMILES string of the molecule is O=C(OCc1ccccc1)[C@H](Cc1c[nH]c2ccccc12)NP(=O)(O)OCc1ccccc1. The van der Waals surface area contributed by atoms with Crippen LogP contribution in [0.1, 0.15) is 16.7 Å². The molecule has 3 N–H and O–H groups in total. The van der Waals surface area contributed by atoms with E-state index in [4.69, 9.17) is 9.26 Å². The van der Waals surface area contributed by atoms with Gasteiger partial charge in [0.1, 0.15) is 12.6 Å². The van der Waals surface area contributed by atoms with Crippen LogP contribution in [0.15, 0.2) is 91.1 Å². The Morgan fingerprint density at radius 3 is 2.21 bits per heavy atom. The molecule has 1 unspecified atom stereocenters. The molecule has 170 valence electrons. The lowest BCUT2D eigenvalue weighted by Gasteiger charge is -2.21. The Bertz CT molecular complexity index is 1240. The zero-order chi connectivity index (χ0) is 23.1. The van der Waals surface area contributed by atoms with Crippen LogP contribution in [-0.4, -0.2) is 21.9 Å². The molecule has 33 heavy (non-hydrogen) atoms. The lowest BCUT2D eigenvalue weighted by atomic mass is 10.1. The van der Waals surface area contributed by atoms with Gasteiger partial charge in [-0.2, -0.15) is 0 Å². The summed E-state index contributed by atoms with van der Waals surface area (Å²) < 4.78 is 23.5. The molecule has 4 aromatic rings. The number of fused-ring (bicyclic) bond motifs is 1. The molecule has 0 bridgehead atoms. The first-order chi connectivity index (χ1) is 16.0. The van der Waals surface area contributed by atoms with E-state index < -0.39 is 19.8 Å². The molecule has 7 nitrogen and oxygen atoms in total. The lowest BCUT2D eigenvalue weighted by molar-refractivity contribution is -0.147. The van der Waals surface area contributed by atoms with Gasteiger partial charge in [-0.3, -0.25) is 9.32 Å². The van der Waals surface area contributed by atoms with Gasteiger partial charge in [0, 0.05) is 23.5 Å². The third kappa shape index (κ3) is 6.40. The molecule has 8 heteroatoms. The number of hydrogen-bond acceptors (Lipinski definition) is 4. The van der Waals surface area contributed by atoms with E-state index in [9.17, 15) is 14.3 Å². The zero-order valence-electron chi connectivity index (χ0n) is 17.9. The van der Waals surface area contributed by atoms with E-state index in [0.29, 0.717) is 0 Å². The number of esters is 1. The van der Waals surface area contributed by atoms with Crippen molar-refractivity contribution in [3.8, 4) is 0 Å². The molecule has 1 heterocycles. The van der Waals surface area contributed by atoms with Crippen LogP contribution in [0.2, 0.25) is 0 Å². The molecule has 0 saturated heterocycles. The minimum absolute atomic E-state index is 0.0618. The monoisotopic (exact) mass is 464 g/mol. The van der Waals surface area contributed by atoms with Crippen molar-refractivity contribution in [1.82, 2.24) is 10.1 Å². The number of benzene rings is 3. The van der Waals surface area contributed by atoms with Gasteiger partial charge in [-0.15, -0.1) is 0 Å². The van der Waals surface area contributed by atoms with Crippen molar-refractivity contribution in [2.75, 3.05) is 0 Å². The molecule has 0 amide bonds. The minimum Gasteiger partial charge on any atom is -0.460 e. The van der Waals surface area contributed by atoms with Gasteiger partial charge >= 0.3 is 13.7 Å². The number of rotatable bonds is 10. The third-order valence-corrected chi connectivity index (χ3v) is 6.29. The number of nitrogens with one attached hydrogen (secondary N) is 2. The molecule has 0 saturated carbocycles. The number of H-pyrrole nitrogens is 1. The molecule has 0 radical (unpaired) electrons. The van der Waals surface area contributed by atoms with E-state index in [2.05, 4.69) is 10.1 Å². The first kappa shape index (κ1) is 23.0. The number of carbonyl (C=O) groups is 1. The van der Waals surface area contributed by atoms with Crippen LogP contribution in [0.4, 0.5) is 0 Å². The normalized spacial score (nSPS) is 14.0. The maximum absolute atomic E-state index is 12.9. The van der Waals surface area contributed by atoms with E-state index in [-0.39, 0.29) is 19.6 Å². The highest BCUT2D eigenvalue weighted by atomic mass is 31.2. The number of aromatic amines is 1. The van der Waals surface area contributed by atoms with Gasteiger partial charge in [0.05, 0.1) is 6.61 Å². The Hall–Kier alpha value is -3.22. The molecule has 0 aliphatic rings. The number of ether oxygens (including phenoxy) is 1. The quantitative estimate of drug-likeness (QED) is 0.232. The van der Waals surface area contributed by atoms with Crippen molar-refractivity contribution in [3.63, 3.8) is 0 Å². The lowest BCUT2D eigenvalue weighted by Crippen LogP contribution is -2.38. The highest BCUT2D eigenvalue weighted by Gasteiger charge is 2.31. The largest absolute Gasteiger partial charge is 0.460 e. The summed E-state index contributed by atoms with van der Waals surface area (Å²) in [5, 5.41) is 3.43. The highest BCUT2D eigenvalue weighted by Crippen LogP contribution is 2.39. The van der Waals surface area contributed by atoms with Crippen LogP contribution in [-0.2, 0) is 38.3 Å². The second-order valence-corrected chi connectivity index (χ2v) is 9.18. The summed E-state index contributed by atoms with van der Waals surface area (Å²) in [6.07, 6.45) is 1.94. The molecular formula is C25H25N2O5P. The third-order valence-electron chi connectivity index (χ3n) is 5.18. The number of para-hydroxylation sites is 1. The van der Waals surface area contributed by atoms with Gasteiger partial charge < -0.3 is 14.6 Å². The summed E-state index contributed by atoms with van der Waals surface area (Å²) in [5.41, 5.74) is 3.30. The fraction of sp³-hybridized carbons (Fsp3) is 0.160. The Labute approximate surface area is 192 Å². The first-order valence-corrected chi connectivity index (χ1v) is 12.1. The smallest absolute Gasteiger partial charge is 0.404 e. The maximum Gasteiger partial charge on any atom is 0.404 e. The molecule has 3 aromatic carbocycles. The van der Waals surface area contributed by atoms with Gasteiger partial charge in [0.15, 0.2) is 0 Å². The van der Waals surface area contributed by atoms with Crippen LogP contribution in [0.5, 0.6) is 0 Å². The standard InChI is InChI=1S/C25H25N2O5P/c28-25(31-17-19-9-3-1-4-10-19)24(15-21-16-26-23-14-8-7-13-22(21)23)27-33(29,30)32-18-20-11-5-2-6-12-20/h1-14,16,24,26H,15,17-18H2,(H2,27,29,30)/t24-/m0/s1. The van der Waals surface area contributed by atoms with Crippen LogP contribution in [0, 0.1) is 0 Å². The molecule has 0 aliphatic heterocycles. The number of aromatic nitrogens is 1. The predicted octanol–water partition coefficient (Wildman–Crippen LogP) is 4.73. The Morgan fingerprint density at radius 1 is 0.909 bits per heavy atom. The van der Waals surface area contributed by atoms with E-state index in [1.807, 2.05) is 72.8 Å². The molecular weight excluding hydrogens is 439 g/mol. The summed E-state index contributed by atoms with van der Waals surface area (Å²) in [6.45, 7) is -0.00712. The van der Waals surface area contributed by atoms with E-state index in [1.54, 1.807) is 18.3 Å². The first-order valence-electron chi connectivity index (χ1n) is 10.5. The number of carbonyl (C=O) groups excluding carboxylic acids is 1. The van der Waals surface area contributed by atoms with Gasteiger partial charge in [-0.05, 0) is 22.8 Å². The summed E-state index contributed by atoms with van der Waals surface area (Å²) in [7, 11) is -4.30. The van der Waals surface area contributed by atoms with E-state index >= 15 is 0 Å². The summed E-state index contributed by atoms with van der Waals surface area (Å²) >= 11 is 0. The van der Waals surface area contributed by atoms with Crippen molar-refractivity contribution >= 4 is 24.6 Å². The average molecular weight is 464 g/mol. The minimum atomic E-state index is -4.30. The second-order valence-electron chi connectivity index (χ2n) is 7.62. The summed E-state index contributed by atoms with van der Waals surface area (Å²) in [5.74, 6) is -0.637. The van der Waals surface area contributed by atoms with E-state index in [1.165, 1.54) is 0 Å². The van der Waals surface area contributed by atoms with Crippen molar-refractivity contribution in [1.29, 1.82) is 0 Å². The fourth-order valence-corrected chi connectivity index (χ4v) is 4.49. The van der Waals surface area contributed by atoms with Crippen molar-refractivity contribution in [2.45, 2.75) is 25.7 Å². The summed E-state index contributed by atoms with van der Waals surface area (Å²) in [6, 6.07) is 24.9. The Balaban J connectivity index is 1.49. The topological polar surface area (TPSA) is 101 Å². The van der Waals surface area contributed by atoms with E-state index in [0.717, 1.165) is 27.6 Å². The van der Waals surface area contributed by atoms with Gasteiger partial charge in [-0.25, -0.2) is 9.65 Å². The fourth-order valence-electron chi connectivity index (χ4n) is 3.50.